The van der Waals surface area contributed by atoms with Gasteiger partial charge >= 0.3 is 0 Å². The number of benzene rings is 1. The highest BCUT2D eigenvalue weighted by Crippen LogP contribution is 2.29. The minimum Gasteiger partial charge on any atom is -0.496 e. The van der Waals surface area contributed by atoms with Crippen molar-refractivity contribution in [2.24, 2.45) is 0 Å². The van der Waals surface area contributed by atoms with Crippen molar-refractivity contribution in [3.05, 3.63) is 22.7 Å². The van der Waals surface area contributed by atoms with Gasteiger partial charge < -0.3 is 9.47 Å². The van der Waals surface area contributed by atoms with Crippen LogP contribution in [0.15, 0.2) is 27.6 Å². The first-order valence-electron chi connectivity index (χ1n) is 6.22. The summed E-state index contributed by atoms with van der Waals surface area (Å²) >= 11 is 3.31. The molecule has 1 atom stereocenters. The van der Waals surface area contributed by atoms with Gasteiger partial charge in [-0.05, 0) is 41.1 Å². The topological polar surface area (TPSA) is 55.8 Å². The average Bonchev–Trinajstić information content (AvgIpc) is 2.39. The fourth-order valence-electron chi connectivity index (χ4n) is 1.99. The van der Waals surface area contributed by atoms with Gasteiger partial charge in [0.2, 0.25) is 10.0 Å². The Balaban J connectivity index is 3.17. The Morgan fingerprint density at radius 1 is 1.35 bits per heavy atom. The lowest BCUT2D eigenvalue weighted by molar-refractivity contribution is 0.142. The predicted molar refractivity (Wildman–Crippen MR) is 81.6 cm³/mol. The molecule has 114 valence electrons. The molecule has 1 unspecified atom stereocenters. The highest BCUT2D eigenvalue weighted by atomic mass is 79.9. The van der Waals surface area contributed by atoms with Crippen LogP contribution in [0.2, 0.25) is 0 Å². The molecule has 1 aromatic carbocycles. The zero-order valence-electron chi connectivity index (χ0n) is 12.1. The lowest BCUT2D eigenvalue weighted by atomic mass is 10.3. The van der Waals surface area contributed by atoms with Crippen LogP contribution in [0.4, 0.5) is 0 Å². The maximum Gasteiger partial charge on any atom is 0.243 e. The Labute approximate surface area is 129 Å². The molecule has 0 saturated heterocycles. The SMILES string of the molecule is CCN(C(C)COC)S(=O)(=O)c1ccc(OC)c(Br)c1. The summed E-state index contributed by atoms with van der Waals surface area (Å²) in [6, 6.07) is 4.50. The van der Waals surface area contributed by atoms with Crippen LogP contribution in [0.3, 0.4) is 0 Å². The van der Waals surface area contributed by atoms with Crippen molar-refractivity contribution in [3.8, 4) is 5.75 Å². The third-order valence-corrected chi connectivity index (χ3v) is 5.65. The minimum absolute atomic E-state index is 0.226. The van der Waals surface area contributed by atoms with Crippen LogP contribution >= 0.6 is 15.9 Å². The molecule has 0 N–H and O–H groups in total. The van der Waals surface area contributed by atoms with Crippen molar-refractivity contribution in [2.45, 2.75) is 24.8 Å². The molecule has 1 aromatic rings. The van der Waals surface area contributed by atoms with E-state index in [1.807, 2.05) is 13.8 Å². The molecular formula is C13H20BrNO4S. The van der Waals surface area contributed by atoms with E-state index in [9.17, 15) is 8.42 Å². The van der Waals surface area contributed by atoms with Gasteiger partial charge in [-0.25, -0.2) is 8.42 Å². The van der Waals surface area contributed by atoms with Crippen molar-refractivity contribution in [1.29, 1.82) is 0 Å². The Morgan fingerprint density at radius 3 is 2.45 bits per heavy atom. The van der Waals surface area contributed by atoms with E-state index in [0.29, 0.717) is 23.4 Å². The summed E-state index contributed by atoms with van der Waals surface area (Å²) in [5.41, 5.74) is 0. The number of hydrogen-bond acceptors (Lipinski definition) is 4. The van der Waals surface area contributed by atoms with E-state index in [1.165, 1.54) is 11.4 Å². The Hall–Kier alpha value is -0.630. The highest BCUT2D eigenvalue weighted by molar-refractivity contribution is 9.10. The smallest absolute Gasteiger partial charge is 0.243 e. The number of hydrogen-bond donors (Lipinski definition) is 0. The van der Waals surface area contributed by atoms with Gasteiger partial charge in [0.15, 0.2) is 0 Å². The van der Waals surface area contributed by atoms with Crippen LogP contribution in [0.5, 0.6) is 5.75 Å². The summed E-state index contributed by atoms with van der Waals surface area (Å²) in [7, 11) is -0.461. The Bertz CT molecular complexity index is 547. The van der Waals surface area contributed by atoms with Crippen molar-refractivity contribution < 1.29 is 17.9 Å². The van der Waals surface area contributed by atoms with E-state index in [4.69, 9.17) is 9.47 Å². The normalized spacial score (nSPS) is 13.5. The second-order valence-electron chi connectivity index (χ2n) is 4.31. The van der Waals surface area contributed by atoms with Crippen LogP contribution in [0.1, 0.15) is 13.8 Å². The molecule has 7 heteroatoms. The third kappa shape index (κ3) is 3.72. The van der Waals surface area contributed by atoms with Crippen LogP contribution < -0.4 is 4.74 Å². The molecule has 0 aromatic heterocycles. The molecule has 0 bridgehead atoms. The number of ether oxygens (including phenoxy) is 2. The number of nitrogens with zero attached hydrogens (tertiary/aromatic N) is 1. The molecule has 0 radical (unpaired) electrons. The first-order valence-corrected chi connectivity index (χ1v) is 8.46. The number of likely N-dealkylation sites (N-methyl/N-ethyl adjacent to an activating group) is 1. The van der Waals surface area contributed by atoms with Crippen LogP contribution in [-0.4, -0.2) is 46.1 Å². The van der Waals surface area contributed by atoms with E-state index < -0.39 is 10.0 Å². The van der Waals surface area contributed by atoms with E-state index in [0.717, 1.165) is 0 Å². The minimum atomic E-state index is -3.55. The summed E-state index contributed by atoms with van der Waals surface area (Å²) in [6.07, 6.45) is 0. The molecule has 0 fully saturated rings. The predicted octanol–water partition coefficient (Wildman–Crippen LogP) is 2.50. The van der Waals surface area contributed by atoms with Crippen molar-refractivity contribution in [2.75, 3.05) is 27.4 Å². The van der Waals surface area contributed by atoms with Gasteiger partial charge in [-0.1, -0.05) is 6.92 Å². The molecule has 5 nitrogen and oxygen atoms in total. The molecular weight excluding hydrogens is 346 g/mol. The quantitative estimate of drug-likeness (QED) is 0.744. The number of rotatable bonds is 7. The molecule has 1 rings (SSSR count). The molecule has 0 aliphatic rings. The van der Waals surface area contributed by atoms with Gasteiger partial charge in [0.1, 0.15) is 5.75 Å². The lowest BCUT2D eigenvalue weighted by Crippen LogP contribution is -2.40. The second kappa shape index (κ2) is 7.40. The third-order valence-electron chi connectivity index (χ3n) is 2.94. The molecule has 0 amide bonds. The summed E-state index contributed by atoms with van der Waals surface area (Å²) in [6.45, 7) is 4.37. The molecule has 0 aliphatic carbocycles. The lowest BCUT2D eigenvalue weighted by Gasteiger charge is -2.26. The van der Waals surface area contributed by atoms with Crippen LogP contribution in [-0.2, 0) is 14.8 Å². The summed E-state index contributed by atoms with van der Waals surface area (Å²) < 4.78 is 37.5. The zero-order valence-corrected chi connectivity index (χ0v) is 14.5. The maximum absolute atomic E-state index is 12.6. The first-order chi connectivity index (χ1) is 9.38. The Morgan fingerprint density at radius 2 is 2.00 bits per heavy atom. The van der Waals surface area contributed by atoms with Crippen LogP contribution in [0, 0.1) is 0 Å². The number of methoxy groups -OCH3 is 2. The van der Waals surface area contributed by atoms with E-state index >= 15 is 0 Å². The molecule has 0 saturated carbocycles. The second-order valence-corrected chi connectivity index (χ2v) is 7.05. The van der Waals surface area contributed by atoms with E-state index in [1.54, 1.807) is 25.3 Å². The van der Waals surface area contributed by atoms with Crippen LogP contribution in [0.25, 0.3) is 0 Å². The number of halogens is 1. The largest absolute Gasteiger partial charge is 0.496 e. The van der Waals surface area contributed by atoms with Gasteiger partial charge in [0.05, 0.1) is 23.1 Å². The fraction of sp³-hybridized carbons (Fsp3) is 0.538. The first kappa shape index (κ1) is 17.4. The molecule has 20 heavy (non-hydrogen) atoms. The van der Waals surface area contributed by atoms with Gasteiger partial charge in [-0.3, -0.25) is 0 Å². The molecule has 0 heterocycles. The van der Waals surface area contributed by atoms with E-state index in [2.05, 4.69) is 15.9 Å². The van der Waals surface area contributed by atoms with E-state index in [-0.39, 0.29) is 10.9 Å². The van der Waals surface area contributed by atoms with Gasteiger partial charge in [-0.15, -0.1) is 0 Å². The average molecular weight is 366 g/mol. The van der Waals surface area contributed by atoms with Crippen molar-refractivity contribution in [3.63, 3.8) is 0 Å². The standard InChI is InChI=1S/C13H20BrNO4S/c1-5-15(10(2)9-18-3)20(16,17)11-6-7-13(19-4)12(14)8-11/h6-8,10H,5,9H2,1-4H3. The van der Waals surface area contributed by atoms with Crippen molar-refractivity contribution >= 4 is 26.0 Å². The summed E-state index contributed by atoms with van der Waals surface area (Å²) in [5, 5.41) is 0. The zero-order chi connectivity index (χ0) is 15.3. The molecule has 0 spiro atoms. The van der Waals surface area contributed by atoms with Gasteiger partial charge in [-0.2, -0.15) is 4.31 Å². The highest BCUT2D eigenvalue weighted by Gasteiger charge is 2.28. The maximum atomic E-state index is 12.6. The Kier molecular flexibility index (Phi) is 6.44. The monoisotopic (exact) mass is 365 g/mol. The summed E-state index contributed by atoms with van der Waals surface area (Å²) in [5.74, 6) is 0.594. The fourth-order valence-corrected chi connectivity index (χ4v) is 4.33. The van der Waals surface area contributed by atoms with Gasteiger partial charge in [0, 0.05) is 19.7 Å². The number of sulfonamides is 1. The molecule has 0 aliphatic heterocycles. The van der Waals surface area contributed by atoms with Crippen molar-refractivity contribution in [1.82, 2.24) is 4.31 Å². The van der Waals surface area contributed by atoms with Gasteiger partial charge in [0.25, 0.3) is 0 Å². The summed E-state index contributed by atoms with van der Waals surface area (Å²) in [4.78, 5) is 0.231.